The quantitative estimate of drug-likeness (QED) is 0.430. The fourth-order valence-corrected chi connectivity index (χ4v) is 0.732. The molecule has 0 amide bonds. The van der Waals surface area contributed by atoms with Crippen LogP contribution in [0.3, 0.4) is 0 Å². The van der Waals surface area contributed by atoms with Gasteiger partial charge in [0.05, 0.1) is 0 Å². The SMILES string of the molecule is CC[C@H](C)[C@H](N)C(=O)O.N[C@@H](CS)C(=O)O. The van der Waals surface area contributed by atoms with Crippen LogP contribution in [0.2, 0.25) is 0 Å². The molecule has 0 aliphatic rings. The van der Waals surface area contributed by atoms with Crippen LogP contribution in [0.5, 0.6) is 0 Å². The molecule has 0 bridgehead atoms. The van der Waals surface area contributed by atoms with Gasteiger partial charge in [-0.15, -0.1) is 0 Å². The lowest BCUT2D eigenvalue weighted by Crippen LogP contribution is -2.36. The van der Waals surface area contributed by atoms with Crippen LogP contribution in [-0.2, 0) is 9.59 Å². The molecule has 3 atom stereocenters. The topological polar surface area (TPSA) is 127 Å². The van der Waals surface area contributed by atoms with E-state index < -0.39 is 24.0 Å². The predicted octanol–water partition coefficient (Wildman–Crippen LogP) is -0.227. The van der Waals surface area contributed by atoms with Gasteiger partial charge in [0.2, 0.25) is 0 Å². The smallest absolute Gasteiger partial charge is 0.321 e. The van der Waals surface area contributed by atoms with Gasteiger partial charge >= 0.3 is 11.9 Å². The fourth-order valence-electron chi connectivity index (χ4n) is 0.575. The molecular formula is C9H20N2O4S. The molecule has 7 heteroatoms. The second kappa shape index (κ2) is 9.44. The van der Waals surface area contributed by atoms with E-state index in [-0.39, 0.29) is 11.7 Å². The lowest BCUT2D eigenvalue weighted by atomic mass is 10.0. The lowest BCUT2D eigenvalue weighted by molar-refractivity contribution is -0.140. The molecule has 16 heavy (non-hydrogen) atoms. The first-order valence-corrected chi connectivity index (χ1v) is 5.48. The van der Waals surface area contributed by atoms with E-state index in [0.717, 1.165) is 6.42 Å². The summed E-state index contributed by atoms with van der Waals surface area (Å²) in [5.41, 5.74) is 10.2. The van der Waals surface area contributed by atoms with Crippen LogP contribution in [0, 0.1) is 5.92 Å². The van der Waals surface area contributed by atoms with E-state index in [2.05, 4.69) is 12.6 Å². The van der Waals surface area contributed by atoms with E-state index in [1.165, 1.54) is 0 Å². The number of carbonyl (C=O) groups is 2. The van der Waals surface area contributed by atoms with Crippen LogP contribution in [0.4, 0.5) is 0 Å². The second-order valence-electron chi connectivity index (χ2n) is 3.38. The van der Waals surface area contributed by atoms with Crippen molar-refractivity contribution in [3.05, 3.63) is 0 Å². The van der Waals surface area contributed by atoms with Crippen molar-refractivity contribution in [1.29, 1.82) is 0 Å². The van der Waals surface area contributed by atoms with Gasteiger partial charge in [0, 0.05) is 5.75 Å². The molecule has 0 saturated carbocycles. The predicted molar refractivity (Wildman–Crippen MR) is 64.5 cm³/mol. The van der Waals surface area contributed by atoms with Crippen molar-refractivity contribution in [1.82, 2.24) is 0 Å². The van der Waals surface area contributed by atoms with Gasteiger partial charge in [-0.1, -0.05) is 20.3 Å². The molecule has 0 radical (unpaired) electrons. The van der Waals surface area contributed by atoms with Gasteiger partial charge in [-0.25, -0.2) is 0 Å². The van der Waals surface area contributed by atoms with Crippen LogP contribution in [0.1, 0.15) is 20.3 Å². The zero-order valence-electron chi connectivity index (χ0n) is 9.46. The van der Waals surface area contributed by atoms with E-state index in [4.69, 9.17) is 21.7 Å². The normalized spacial score (nSPS) is 15.3. The highest BCUT2D eigenvalue weighted by Crippen LogP contribution is 2.04. The average molecular weight is 252 g/mol. The van der Waals surface area contributed by atoms with Gasteiger partial charge in [-0.3, -0.25) is 9.59 Å². The lowest BCUT2D eigenvalue weighted by Gasteiger charge is -2.11. The first kappa shape index (κ1) is 17.6. The van der Waals surface area contributed by atoms with Crippen molar-refractivity contribution in [2.75, 3.05) is 5.75 Å². The molecule has 0 aromatic carbocycles. The van der Waals surface area contributed by atoms with Crippen molar-refractivity contribution in [2.45, 2.75) is 32.4 Å². The minimum Gasteiger partial charge on any atom is -0.480 e. The molecule has 0 heterocycles. The first-order valence-electron chi connectivity index (χ1n) is 4.85. The van der Waals surface area contributed by atoms with Gasteiger partial charge < -0.3 is 21.7 Å². The summed E-state index contributed by atoms with van der Waals surface area (Å²) in [5.74, 6) is -1.66. The molecule has 0 aliphatic heterocycles. The number of rotatable bonds is 5. The molecule has 0 aromatic rings. The minimum atomic E-state index is -1.00. The Morgan fingerprint density at radius 3 is 1.75 bits per heavy atom. The summed E-state index contributed by atoms with van der Waals surface area (Å²) in [6.07, 6.45) is 0.813. The number of hydrogen-bond acceptors (Lipinski definition) is 5. The molecule has 0 aromatic heterocycles. The monoisotopic (exact) mass is 252 g/mol. The van der Waals surface area contributed by atoms with Crippen molar-refractivity contribution >= 4 is 24.6 Å². The molecule has 0 fully saturated rings. The number of aliphatic carboxylic acids is 2. The minimum absolute atomic E-state index is 0.0718. The van der Waals surface area contributed by atoms with Crippen LogP contribution in [0.25, 0.3) is 0 Å². The largest absolute Gasteiger partial charge is 0.480 e. The fraction of sp³-hybridized carbons (Fsp3) is 0.778. The average Bonchev–Trinajstić information content (AvgIpc) is 2.26. The first-order chi connectivity index (χ1) is 7.27. The summed E-state index contributed by atoms with van der Waals surface area (Å²) in [6.45, 7) is 3.76. The highest BCUT2D eigenvalue weighted by molar-refractivity contribution is 7.80. The summed E-state index contributed by atoms with van der Waals surface area (Å²) < 4.78 is 0. The van der Waals surface area contributed by atoms with Crippen molar-refractivity contribution in [3.63, 3.8) is 0 Å². The van der Waals surface area contributed by atoms with E-state index in [0.29, 0.717) is 0 Å². The Kier molecular flexibility index (Phi) is 10.4. The highest BCUT2D eigenvalue weighted by atomic mass is 32.1. The van der Waals surface area contributed by atoms with Crippen LogP contribution in [-0.4, -0.2) is 40.0 Å². The summed E-state index contributed by atoms with van der Waals surface area (Å²) >= 11 is 3.65. The van der Waals surface area contributed by atoms with E-state index in [1.807, 2.05) is 13.8 Å². The third-order valence-corrected chi connectivity index (χ3v) is 2.45. The van der Waals surface area contributed by atoms with Crippen molar-refractivity contribution < 1.29 is 19.8 Å². The second-order valence-corrected chi connectivity index (χ2v) is 3.74. The highest BCUT2D eigenvalue weighted by Gasteiger charge is 2.17. The molecule has 6 nitrogen and oxygen atoms in total. The van der Waals surface area contributed by atoms with Gasteiger partial charge in [0.15, 0.2) is 0 Å². The third-order valence-electron chi connectivity index (χ3n) is 2.06. The Labute approximate surface area is 100 Å². The summed E-state index contributed by atoms with van der Waals surface area (Å²) in [5, 5.41) is 16.4. The Bertz CT molecular complexity index is 226. The number of carboxylic acid groups (broad SMARTS) is 2. The Morgan fingerprint density at radius 2 is 1.69 bits per heavy atom. The van der Waals surface area contributed by atoms with E-state index >= 15 is 0 Å². The molecule has 0 saturated heterocycles. The van der Waals surface area contributed by atoms with E-state index in [9.17, 15) is 9.59 Å². The molecular weight excluding hydrogens is 232 g/mol. The van der Waals surface area contributed by atoms with Crippen molar-refractivity contribution in [2.24, 2.45) is 17.4 Å². The maximum Gasteiger partial charge on any atom is 0.321 e. The Balaban J connectivity index is 0. The summed E-state index contributed by atoms with van der Waals surface area (Å²) in [6, 6.07) is -1.52. The molecule has 0 rings (SSSR count). The van der Waals surface area contributed by atoms with Crippen molar-refractivity contribution in [3.8, 4) is 0 Å². The van der Waals surface area contributed by atoms with Gasteiger partial charge in [0.25, 0.3) is 0 Å². The zero-order chi connectivity index (χ0) is 13.3. The maximum atomic E-state index is 10.2. The van der Waals surface area contributed by atoms with Crippen LogP contribution in [0.15, 0.2) is 0 Å². The van der Waals surface area contributed by atoms with Crippen LogP contribution < -0.4 is 11.5 Å². The molecule has 0 aliphatic carbocycles. The van der Waals surface area contributed by atoms with Crippen LogP contribution >= 0.6 is 12.6 Å². The number of thiol groups is 1. The third kappa shape index (κ3) is 8.51. The Hall–Kier alpha value is -0.790. The van der Waals surface area contributed by atoms with Gasteiger partial charge in [-0.05, 0) is 5.92 Å². The number of hydrogen-bond donors (Lipinski definition) is 5. The molecule has 6 N–H and O–H groups in total. The standard InChI is InChI=1S/C6H13NO2.C3H7NO2S/c1-3-4(2)5(7)6(8)9;4-2(1-7)3(5)6/h4-5H,3,7H2,1-2H3,(H,8,9);2,7H,1,4H2,(H,5,6)/t4-,5-;2-/m00/s1. The summed E-state index contributed by atoms with van der Waals surface area (Å²) in [7, 11) is 0. The molecule has 0 spiro atoms. The van der Waals surface area contributed by atoms with Gasteiger partial charge in [0.1, 0.15) is 12.1 Å². The van der Waals surface area contributed by atoms with E-state index in [1.54, 1.807) is 0 Å². The summed E-state index contributed by atoms with van der Waals surface area (Å²) in [4.78, 5) is 19.9. The van der Waals surface area contributed by atoms with Gasteiger partial charge in [-0.2, -0.15) is 12.6 Å². The zero-order valence-corrected chi connectivity index (χ0v) is 10.4. The molecule has 96 valence electrons. The number of carboxylic acids is 2. The maximum absolute atomic E-state index is 10.2. The Morgan fingerprint density at radius 1 is 1.25 bits per heavy atom. The number of nitrogens with two attached hydrogens (primary N) is 2. The molecule has 0 unspecified atom stereocenters.